The summed E-state index contributed by atoms with van der Waals surface area (Å²) in [6, 6.07) is 3.63. The number of pyridine rings is 1. The standard InChI is InChI=1S/C13H14N4O2/c1-8(2)16-12-10(13(18)19)7-15-11(17-12)9-3-5-14-6-4-9/h3-8H,1-2H3,(H,18,19)(H,15,16,17). The molecule has 6 heteroatoms. The Kier molecular flexibility index (Phi) is 3.70. The van der Waals surface area contributed by atoms with Gasteiger partial charge in [0.05, 0.1) is 0 Å². The van der Waals surface area contributed by atoms with Gasteiger partial charge >= 0.3 is 5.97 Å². The largest absolute Gasteiger partial charge is 0.477 e. The van der Waals surface area contributed by atoms with Crippen molar-refractivity contribution in [2.75, 3.05) is 5.32 Å². The third kappa shape index (κ3) is 3.04. The van der Waals surface area contributed by atoms with Crippen molar-refractivity contribution in [1.82, 2.24) is 15.0 Å². The highest BCUT2D eigenvalue weighted by molar-refractivity contribution is 5.93. The minimum absolute atomic E-state index is 0.0616. The van der Waals surface area contributed by atoms with Crippen LogP contribution < -0.4 is 5.32 Å². The summed E-state index contributed by atoms with van der Waals surface area (Å²) in [6.45, 7) is 3.83. The van der Waals surface area contributed by atoms with Crippen molar-refractivity contribution < 1.29 is 9.90 Å². The molecule has 0 aliphatic rings. The third-order valence-electron chi connectivity index (χ3n) is 2.38. The summed E-state index contributed by atoms with van der Waals surface area (Å²) in [5, 5.41) is 12.1. The number of nitrogens with one attached hydrogen (secondary N) is 1. The Labute approximate surface area is 110 Å². The van der Waals surface area contributed by atoms with Gasteiger partial charge in [-0.05, 0) is 26.0 Å². The molecular weight excluding hydrogens is 244 g/mol. The Morgan fingerprint density at radius 2 is 2.00 bits per heavy atom. The topological polar surface area (TPSA) is 88.0 Å². The highest BCUT2D eigenvalue weighted by Gasteiger charge is 2.14. The molecule has 0 aliphatic heterocycles. The summed E-state index contributed by atoms with van der Waals surface area (Å²) < 4.78 is 0. The van der Waals surface area contributed by atoms with Crippen LogP contribution in [0.3, 0.4) is 0 Å². The Bertz CT molecular complexity index is 584. The summed E-state index contributed by atoms with van der Waals surface area (Å²) >= 11 is 0. The first-order valence-corrected chi connectivity index (χ1v) is 5.85. The van der Waals surface area contributed by atoms with Crippen molar-refractivity contribution >= 4 is 11.8 Å². The third-order valence-corrected chi connectivity index (χ3v) is 2.38. The maximum Gasteiger partial charge on any atom is 0.341 e. The lowest BCUT2D eigenvalue weighted by atomic mass is 10.2. The molecule has 0 saturated heterocycles. The van der Waals surface area contributed by atoms with Gasteiger partial charge in [0, 0.05) is 30.2 Å². The van der Waals surface area contributed by atoms with Crippen LogP contribution in [0.4, 0.5) is 5.82 Å². The van der Waals surface area contributed by atoms with Crippen LogP contribution >= 0.6 is 0 Å². The number of aromatic carboxylic acids is 1. The van der Waals surface area contributed by atoms with Gasteiger partial charge in [0.15, 0.2) is 5.82 Å². The molecule has 0 radical (unpaired) electrons. The molecule has 0 atom stereocenters. The van der Waals surface area contributed by atoms with Crippen molar-refractivity contribution in [2.24, 2.45) is 0 Å². The van der Waals surface area contributed by atoms with Crippen LogP contribution in [0.5, 0.6) is 0 Å². The van der Waals surface area contributed by atoms with E-state index in [1.54, 1.807) is 24.5 Å². The van der Waals surface area contributed by atoms with E-state index in [2.05, 4.69) is 20.3 Å². The summed E-state index contributed by atoms with van der Waals surface area (Å²) in [5.41, 5.74) is 0.852. The van der Waals surface area contributed by atoms with Gasteiger partial charge in [0.1, 0.15) is 11.4 Å². The Balaban J connectivity index is 2.46. The average molecular weight is 258 g/mol. The average Bonchev–Trinajstić information content (AvgIpc) is 2.38. The van der Waals surface area contributed by atoms with Gasteiger partial charge in [-0.15, -0.1) is 0 Å². The van der Waals surface area contributed by atoms with Crippen LogP contribution in [-0.4, -0.2) is 32.1 Å². The predicted molar refractivity (Wildman–Crippen MR) is 71.0 cm³/mol. The zero-order valence-electron chi connectivity index (χ0n) is 10.7. The van der Waals surface area contributed by atoms with Crippen molar-refractivity contribution in [2.45, 2.75) is 19.9 Å². The number of aromatic nitrogens is 3. The first-order valence-electron chi connectivity index (χ1n) is 5.85. The number of hydrogen-bond acceptors (Lipinski definition) is 5. The molecule has 98 valence electrons. The van der Waals surface area contributed by atoms with Gasteiger partial charge in [-0.25, -0.2) is 14.8 Å². The van der Waals surface area contributed by atoms with E-state index in [1.165, 1.54) is 6.20 Å². The minimum atomic E-state index is -1.05. The number of carbonyl (C=O) groups is 1. The molecule has 6 nitrogen and oxygen atoms in total. The summed E-state index contributed by atoms with van der Waals surface area (Å²) in [6.07, 6.45) is 4.59. The van der Waals surface area contributed by atoms with Crippen LogP contribution in [-0.2, 0) is 0 Å². The fourth-order valence-corrected chi connectivity index (χ4v) is 1.56. The number of hydrogen-bond donors (Lipinski definition) is 2. The fraction of sp³-hybridized carbons (Fsp3) is 0.231. The molecule has 0 spiro atoms. The van der Waals surface area contributed by atoms with Crippen LogP contribution in [0.1, 0.15) is 24.2 Å². The lowest BCUT2D eigenvalue weighted by molar-refractivity contribution is 0.0697. The highest BCUT2D eigenvalue weighted by Crippen LogP contribution is 2.19. The molecular formula is C13H14N4O2. The van der Waals surface area contributed by atoms with E-state index in [9.17, 15) is 4.79 Å². The second kappa shape index (κ2) is 5.43. The Morgan fingerprint density at radius 3 is 2.58 bits per heavy atom. The molecule has 0 saturated carbocycles. The van der Waals surface area contributed by atoms with Crippen LogP contribution in [0.2, 0.25) is 0 Å². The van der Waals surface area contributed by atoms with E-state index in [4.69, 9.17) is 5.11 Å². The lowest BCUT2D eigenvalue weighted by Crippen LogP contribution is -2.16. The molecule has 0 fully saturated rings. The Morgan fingerprint density at radius 1 is 1.32 bits per heavy atom. The summed E-state index contributed by atoms with van der Waals surface area (Å²) in [4.78, 5) is 23.4. The van der Waals surface area contributed by atoms with E-state index in [-0.39, 0.29) is 11.6 Å². The van der Waals surface area contributed by atoms with E-state index in [1.807, 2.05) is 13.8 Å². The normalized spacial score (nSPS) is 10.5. The number of anilines is 1. The first-order chi connectivity index (χ1) is 9.08. The van der Waals surface area contributed by atoms with Gasteiger partial charge in [-0.1, -0.05) is 0 Å². The molecule has 19 heavy (non-hydrogen) atoms. The zero-order chi connectivity index (χ0) is 13.8. The van der Waals surface area contributed by atoms with Crippen molar-refractivity contribution in [3.8, 4) is 11.4 Å². The van der Waals surface area contributed by atoms with Gasteiger partial charge in [0.25, 0.3) is 0 Å². The molecule has 0 unspecified atom stereocenters. The first kappa shape index (κ1) is 12.9. The summed E-state index contributed by atoms with van der Waals surface area (Å²) in [5.74, 6) is -0.260. The van der Waals surface area contributed by atoms with Gasteiger partial charge in [-0.3, -0.25) is 4.98 Å². The predicted octanol–water partition coefficient (Wildman–Crippen LogP) is 2.06. The molecule has 2 rings (SSSR count). The summed E-state index contributed by atoms with van der Waals surface area (Å²) in [7, 11) is 0. The van der Waals surface area contributed by atoms with Gasteiger partial charge in [-0.2, -0.15) is 0 Å². The van der Waals surface area contributed by atoms with Gasteiger partial charge < -0.3 is 10.4 Å². The molecule has 2 N–H and O–H groups in total. The maximum atomic E-state index is 11.1. The molecule has 2 heterocycles. The quantitative estimate of drug-likeness (QED) is 0.872. The van der Waals surface area contributed by atoms with Crippen molar-refractivity contribution in [3.05, 3.63) is 36.3 Å². The monoisotopic (exact) mass is 258 g/mol. The number of carboxylic acid groups (broad SMARTS) is 1. The van der Waals surface area contributed by atoms with Crippen LogP contribution in [0.15, 0.2) is 30.7 Å². The van der Waals surface area contributed by atoms with E-state index < -0.39 is 5.97 Å². The minimum Gasteiger partial charge on any atom is -0.477 e. The van der Waals surface area contributed by atoms with Crippen LogP contribution in [0, 0.1) is 0 Å². The number of rotatable bonds is 4. The smallest absolute Gasteiger partial charge is 0.341 e. The molecule has 0 amide bonds. The van der Waals surface area contributed by atoms with Crippen molar-refractivity contribution in [3.63, 3.8) is 0 Å². The van der Waals surface area contributed by atoms with Crippen LogP contribution in [0.25, 0.3) is 11.4 Å². The highest BCUT2D eigenvalue weighted by atomic mass is 16.4. The molecule has 0 aromatic carbocycles. The number of nitrogens with zero attached hydrogens (tertiary/aromatic N) is 3. The van der Waals surface area contributed by atoms with Gasteiger partial charge in [0.2, 0.25) is 0 Å². The Hall–Kier alpha value is -2.50. The van der Waals surface area contributed by atoms with E-state index >= 15 is 0 Å². The second-order valence-corrected chi connectivity index (χ2v) is 4.30. The SMILES string of the molecule is CC(C)Nc1nc(-c2ccncc2)ncc1C(=O)O. The molecule has 0 aliphatic carbocycles. The second-order valence-electron chi connectivity index (χ2n) is 4.30. The lowest BCUT2D eigenvalue weighted by Gasteiger charge is -2.12. The molecule has 2 aromatic heterocycles. The van der Waals surface area contributed by atoms with E-state index in [0.717, 1.165) is 5.56 Å². The van der Waals surface area contributed by atoms with E-state index in [0.29, 0.717) is 11.6 Å². The molecule has 2 aromatic rings. The maximum absolute atomic E-state index is 11.1. The molecule has 0 bridgehead atoms. The number of carboxylic acids is 1. The van der Waals surface area contributed by atoms with Crippen molar-refractivity contribution in [1.29, 1.82) is 0 Å². The zero-order valence-corrected chi connectivity index (χ0v) is 10.7. The fourth-order valence-electron chi connectivity index (χ4n) is 1.56.